The van der Waals surface area contributed by atoms with Gasteiger partial charge >= 0.3 is 12.0 Å². The Balaban J connectivity index is 2.38. The largest absolute Gasteiger partial charge is 0.480 e. The fourth-order valence-corrected chi connectivity index (χ4v) is 1.96. The molecule has 0 aromatic carbocycles. The lowest BCUT2D eigenvalue weighted by molar-refractivity contribution is -0.141. The molecule has 7 nitrogen and oxygen atoms in total. The number of rotatable bonds is 5. The van der Waals surface area contributed by atoms with Crippen molar-refractivity contribution in [3.63, 3.8) is 0 Å². The molecule has 1 aliphatic rings. The molecule has 0 aromatic rings. The summed E-state index contributed by atoms with van der Waals surface area (Å²) in [6, 6.07) is -1.34. The first-order chi connectivity index (χ1) is 8.41. The van der Waals surface area contributed by atoms with Crippen LogP contribution in [0.1, 0.15) is 12.8 Å². The van der Waals surface area contributed by atoms with Crippen molar-refractivity contribution in [2.45, 2.75) is 25.0 Å². The number of urea groups is 1. The van der Waals surface area contributed by atoms with Crippen LogP contribution in [-0.4, -0.2) is 77.9 Å². The third-order valence-electron chi connectivity index (χ3n) is 2.88. The normalized spacial score (nSPS) is 23.4. The summed E-state index contributed by atoms with van der Waals surface area (Å²) in [5.41, 5.74) is 0. The molecule has 2 atom stereocenters. The van der Waals surface area contributed by atoms with E-state index in [0.29, 0.717) is 6.54 Å². The van der Waals surface area contributed by atoms with Crippen molar-refractivity contribution in [1.82, 2.24) is 15.1 Å². The van der Waals surface area contributed by atoms with Crippen molar-refractivity contribution in [2.24, 2.45) is 0 Å². The maximum Gasteiger partial charge on any atom is 0.326 e. The highest BCUT2D eigenvalue weighted by molar-refractivity contribution is 5.83. The molecular weight excluding hydrogens is 238 g/mol. The van der Waals surface area contributed by atoms with Crippen molar-refractivity contribution >= 4 is 12.0 Å². The quantitative estimate of drug-likeness (QED) is 0.560. The average Bonchev–Trinajstić information content (AvgIpc) is 2.66. The molecule has 104 valence electrons. The van der Waals surface area contributed by atoms with Gasteiger partial charge in [0.1, 0.15) is 6.04 Å². The number of aliphatic carboxylic acids is 1. The maximum atomic E-state index is 11.8. The Bertz CT molecular complexity index is 309. The fourth-order valence-electron chi connectivity index (χ4n) is 1.96. The van der Waals surface area contributed by atoms with E-state index in [0.717, 1.165) is 13.0 Å². The van der Waals surface area contributed by atoms with Crippen LogP contribution in [0.25, 0.3) is 0 Å². The zero-order chi connectivity index (χ0) is 13.7. The summed E-state index contributed by atoms with van der Waals surface area (Å²) in [6.07, 6.45) is 0.145. The maximum absolute atomic E-state index is 11.8. The van der Waals surface area contributed by atoms with Gasteiger partial charge < -0.3 is 25.3 Å². The van der Waals surface area contributed by atoms with Crippen molar-refractivity contribution in [3.05, 3.63) is 0 Å². The molecule has 1 fully saturated rings. The molecule has 0 spiro atoms. The van der Waals surface area contributed by atoms with Crippen LogP contribution >= 0.6 is 0 Å². The van der Waals surface area contributed by atoms with Gasteiger partial charge in [-0.25, -0.2) is 9.59 Å². The van der Waals surface area contributed by atoms with Crippen LogP contribution in [-0.2, 0) is 4.79 Å². The summed E-state index contributed by atoms with van der Waals surface area (Å²) < 4.78 is 0. The predicted octanol–water partition coefficient (Wildman–Crippen LogP) is -0.832. The highest BCUT2D eigenvalue weighted by Gasteiger charge is 2.38. The summed E-state index contributed by atoms with van der Waals surface area (Å²) in [5.74, 6) is -1.07. The number of nitrogens with zero attached hydrogens (tertiary/aromatic N) is 2. The molecule has 1 heterocycles. The van der Waals surface area contributed by atoms with Crippen LogP contribution in [0.15, 0.2) is 0 Å². The molecule has 18 heavy (non-hydrogen) atoms. The molecule has 1 saturated heterocycles. The number of hydrogen-bond acceptors (Lipinski definition) is 4. The molecule has 0 bridgehead atoms. The topological polar surface area (TPSA) is 93.1 Å². The van der Waals surface area contributed by atoms with Gasteiger partial charge in [-0.3, -0.25) is 0 Å². The first kappa shape index (κ1) is 14.7. The highest BCUT2D eigenvalue weighted by atomic mass is 16.4. The van der Waals surface area contributed by atoms with Crippen molar-refractivity contribution in [2.75, 3.05) is 33.7 Å². The number of likely N-dealkylation sites (tertiary alicyclic amines) is 1. The molecule has 3 N–H and O–H groups in total. The predicted molar refractivity (Wildman–Crippen MR) is 65.3 cm³/mol. The Morgan fingerprint density at radius 2 is 2.11 bits per heavy atom. The number of nitrogens with one attached hydrogen (secondary N) is 1. The first-order valence-electron chi connectivity index (χ1n) is 6.02. The van der Waals surface area contributed by atoms with Crippen molar-refractivity contribution < 1.29 is 19.8 Å². The number of β-amino-alcohol motifs (C(OH)–C–C–N with tert-alkyl or cyclic N) is 1. The van der Waals surface area contributed by atoms with Crippen molar-refractivity contribution in [1.29, 1.82) is 0 Å². The monoisotopic (exact) mass is 259 g/mol. The van der Waals surface area contributed by atoms with Crippen LogP contribution in [0.4, 0.5) is 4.79 Å². The fraction of sp³-hybridized carbons (Fsp3) is 0.818. The summed E-state index contributed by atoms with van der Waals surface area (Å²) in [4.78, 5) is 25.9. The van der Waals surface area contributed by atoms with Gasteiger partial charge in [-0.2, -0.15) is 0 Å². The number of carboxylic acid groups (broad SMARTS) is 1. The standard InChI is InChI=1S/C11H21N3O4/c1-13(2)5-3-4-12-11(18)14-7-8(15)6-9(14)10(16)17/h8-9,15H,3-7H2,1-2H3,(H,12,18)(H,16,17)/t8-,9+/m1/s1. The SMILES string of the molecule is CN(C)CCCNC(=O)N1C[C@H](O)C[C@H]1C(=O)O. The number of carbonyl (C=O) groups is 2. The molecule has 0 radical (unpaired) electrons. The van der Waals surface area contributed by atoms with Gasteiger partial charge in [-0.1, -0.05) is 0 Å². The zero-order valence-electron chi connectivity index (χ0n) is 10.8. The second-order valence-corrected chi connectivity index (χ2v) is 4.78. The van der Waals surface area contributed by atoms with Gasteiger partial charge in [0.05, 0.1) is 6.10 Å². The van der Waals surface area contributed by atoms with Gasteiger partial charge in [0, 0.05) is 19.5 Å². The van der Waals surface area contributed by atoms with Crippen LogP contribution in [0.2, 0.25) is 0 Å². The molecule has 0 aromatic heterocycles. The summed E-state index contributed by atoms with van der Waals surface area (Å²) in [7, 11) is 3.89. The van der Waals surface area contributed by atoms with E-state index in [2.05, 4.69) is 5.32 Å². The van der Waals surface area contributed by atoms with E-state index in [1.165, 1.54) is 4.90 Å². The summed E-state index contributed by atoms with van der Waals surface area (Å²) in [6.45, 7) is 1.43. The minimum Gasteiger partial charge on any atom is -0.480 e. The smallest absolute Gasteiger partial charge is 0.326 e. The average molecular weight is 259 g/mol. The van der Waals surface area contributed by atoms with Crippen LogP contribution in [0.5, 0.6) is 0 Å². The molecule has 1 aliphatic heterocycles. The Kier molecular flexibility index (Phi) is 5.36. The summed E-state index contributed by atoms with van der Waals surface area (Å²) >= 11 is 0. The van der Waals surface area contributed by atoms with E-state index in [1.54, 1.807) is 0 Å². The van der Waals surface area contributed by atoms with Gasteiger partial charge in [-0.05, 0) is 27.1 Å². The van der Waals surface area contributed by atoms with E-state index in [9.17, 15) is 14.7 Å². The minimum absolute atomic E-state index is 0.0798. The lowest BCUT2D eigenvalue weighted by atomic mass is 10.2. The molecule has 1 rings (SSSR count). The van der Waals surface area contributed by atoms with Crippen molar-refractivity contribution in [3.8, 4) is 0 Å². The van der Waals surface area contributed by atoms with E-state index in [1.807, 2.05) is 19.0 Å². The minimum atomic E-state index is -1.07. The number of aliphatic hydroxyl groups is 1. The summed E-state index contributed by atoms with van der Waals surface area (Å²) in [5, 5.41) is 21.0. The lowest BCUT2D eigenvalue weighted by Gasteiger charge is -2.21. The molecule has 2 amide bonds. The van der Waals surface area contributed by atoms with E-state index < -0.39 is 24.1 Å². The Morgan fingerprint density at radius 3 is 2.67 bits per heavy atom. The molecule has 0 unspecified atom stereocenters. The van der Waals surface area contributed by atoms with Crippen LogP contribution < -0.4 is 5.32 Å². The number of carboxylic acids is 1. The van der Waals surface area contributed by atoms with Gasteiger partial charge in [0.15, 0.2) is 0 Å². The lowest BCUT2D eigenvalue weighted by Crippen LogP contribution is -2.46. The molecular formula is C11H21N3O4. The first-order valence-corrected chi connectivity index (χ1v) is 6.02. The molecule has 7 heteroatoms. The number of hydrogen-bond donors (Lipinski definition) is 3. The number of carbonyl (C=O) groups excluding carboxylic acids is 1. The van der Waals surface area contributed by atoms with E-state index in [4.69, 9.17) is 5.11 Å². The third-order valence-corrected chi connectivity index (χ3v) is 2.88. The Hall–Kier alpha value is -1.34. The van der Waals surface area contributed by atoms with Gasteiger partial charge in [0.25, 0.3) is 0 Å². The third kappa shape index (κ3) is 4.15. The molecule has 0 aliphatic carbocycles. The second kappa shape index (κ2) is 6.55. The highest BCUT2D eigenvalue weighted by Crippen LogP contribution is 2.17. The van der Waals surface area contributed by atoms with Crippen LogP contribution in [0.3, 0.4) is 0 Å². The second-order valence-electron chi connectivity index (χ2n) is 4.78. The number of amides is 2. The van der Waals surface area contributed by atoms with E-state index >= 15 is 0 Å². The Labute approximate surface area is 106 Å². The Morgan fingerprint density at radius 1 is 1.44 bits per heavy atom. The van der Waals surface area contributed by atoms with Crippen LogP contribution in [0, 0.1) is 0 Å². The zero-order valence-corrected chi connectivity index (χ0v) is 10.8. The molecule has 0 saturated carbocycles. The van der Waals surface area contributed by atoms with E-state index in [-0.39, 0.29) is 13.0 Å². The number of aliphatic hydroxyl groups excluding tert-OH is 1. The van der Waals surface area contributed by atoms with Gasteiger partial charge in [-0.15, -0.1) is 0 Å². The van der Waals surface area contributed by atoms with Gasteiger partial charge in [0.2, 0.25) is 0 Å².